The van der Waals surface area contributed by atoms with Crippen LogP contribution in [0.3, 0.4) is 0 Å². The van der Waals surface area contributed by atoms with Gasteiger partial charge < -0.3 is 19.4 Å². The number of benzene rings is 2. The Morgan fingerprint density at radius 3 is 2.39 bits per heavy atom. The van der Waals surface area contributed by atoms with Crippen molar-refractivity contribution in [3.05, 3.63) is 53.7 Å². The van der Waals surface area contributed by atoms with Crippen LogP contribution in [-0.4, -0.2) is 36.7 Å². The van der Waals surface area contributed by atoms with Gasteiger partial charge in [0, 0.05) is 28.4 Å². The van der Waals surface area contributed by atoms with Gasteiger partial charge in [-0.3, -0.25) is 4.79 Å². The van der Waals surface area contributed by atoms with Crippen LogP contribution in [0.2, 0.25) is 0 Å². The Morgan fingerprint density at radius 2 is 1.75 bits per heavy atom. The van der Waals surface area contributed by atoms with Crippen molar-refractivity contribution in [3.8, 4) is 17.2 Å². The first-order chi connectivity index (χ1) is 13.6. The predicted molar refractivity (Wildman–Crippen MR) is 111 cm³/mol. The lowest BCUT2D eigenvalue weighted by atomic mass is 10.1. The van der Waals surface area contributed by atoms with Gasteiger partial charge in [0.05, 0.1) is 12.6 Å². The monoisotopic (exact) mass is 378 g/mol. The number of nitrogens with one attached hydrogen (secondary N) is 1. The fraction of sp³-hybridized carbons (Fsp3) is 0.348. The molecule has 5 heteroatoms. The molecule has 0 saturated carbocycles. The summed E-state index contributed by atoms with van der Waals surface area (Å²) in [6.45, 7) is 5.62. The molecule has 5 nitrogen and oxygen atoms in total. The normalized spacial score (nSPS) is 15.0. The molecule has 0 amide bonds. The molecular weight excluding hydrogens is 352 g/mol. The Balaban J connectivity index is 1.73. The summed E-state index contributed by atoms with van der Waals surface area (Å²) in [7, 11) is 1.65. The van der Waals surface area contributed by atoms with Gasteiger partial charge in [-0.25, -0.2) is 0 Å². The zero-order valence-corrected chi connectivity index (χ0v) is 16.6. The lowest BCUT2D eigenvalue weighted by Gasteiger charge is -2.24. The van der Waals surface area contributed by atoms with Crippen molar-refractivity contribution in [2.24, 2.45) is 0 Å². The lowest BCUT2D eigenvalue weighted by Crippen LogP contribution is -2.34. The summed E-state index contributed by atoms with van der Waals surface area (Å²) in [5, 5.41) is 4.30. The van der Waals surface area contributed by atoms with E-state index in [1.54, 1.807) is 14.0 Å². The molecule has 0 radical (unpaired) electrons. The van der Waals surface area contributed by atoms with E-state index in [4.69, 9.17) is 9.47 Å². The van der Waals surface area contributed by atoms with Crippen molar-refractivity contribution in [1.29, 1.82) is 0 Å². The number of piperidine rings is 1. The number of nitrogens with zero attached hydrogens (tertiary/aromatic N) is 1. The van der Waals surface area contributed by atoms with E-state index in [0.29, 0.717) is 0 Å². The molecule has 1 aromatic heterocycles. The molecule has 4 rings (SSSR count). The summed E-state index contributed by atoms with van der Waals surface area (Å²) in [5.74, 6) is 1.72. The molecule has 0 aliphatic carbocycles. The number of rotatable bonds is 5. The van der Waals surface area contributed by atoms with Crippen LogP contribution in [0.15, 0.2) is 42.5 Å². The number of ketones is 1. The largest absolute Gasteiger partial charge is 0.497 e. The standard InChI is InChI=1S/C23H26N2O3/c1-15-23(16(2)26)21-9-8-20(27-3)14-22(21)25(15)17-4-6-18(7-5-17)28-19-10-12-24-13-11-19/h4-9,14,19,24H,10-13H2,1-3H3. The molecule has 0 atom stereocenters. The quantitative estimate of drug-likeness (QED) is 0.673. The Bertz CT molecular complexity index is 999. The third-order valence-electron chi connectivity index (χ3n) is 5.45. The summed E-state index contributed by atoms with van der Waals surface area (Å²) in [6, 6.07) is 14.0. The highest BCUT2D eigenvalue weighted by Gasteiger charge is 2.19. The molecule has 3 aromatic rings. The number of hydrogen-bond donors (Lipinski definition) is 1. The molecule has 1 saturated heterocycles. The van der Waals surface area contributed by atoms with Crippen molar-refractivity contribution in [2.75, 3.05) is 20.2 Å². The van der Waals surface area contributed by atoms with Gasteiger partial charge >= 0.3 is 0 Å². The van der Waals surface area contributed by atoms with E-state index < -0.39 is 0 Å². The first-order valence-electron chi connectivity index (χ1n) is 9.76. The molecule has 2 aromatic carbocycles. The van der Waals surface area contributed by atoms with Crippen LogP contribution < -0.4 is 14.8 Å². The van der Waals surface area contributed by atoms with Crippen LogP contribution in [0, 0.1) is 6.92 Å². The summed E-state index contributed by atoms with van der Waals surface area (Å²) in [4.78, 5) is 12.3. The van der Waals surface area contributed by atoms with Gasteiger partial charge in [-0.15, -0.1) is 0 Å². The van der Waals surface area contributed by atoms with Crippen LogP contribution in [-0.2, 0) is 0 Å². The maximum atomic E-state index is 12.3. The van der Waals surface area contributed by atoms with Crippen LogP contribution in [0.5, 0.6) is 11.5 Å². The van der Waals surface area contributed by atoms with Gasteiger partial charge in [-0.05, 0) is 76.2 Å². The summed E-state index contributed by atoms with van der Waals surface area (Å²) >= 11 is 0. The SMILES string of the molecule is COc1ccc2c(C(C)=O)c(C)n(-c3ccc(OC4CCNCC4)cc3)c2c1. The molecule has 1 aliphatic rings. The zero-order valence-electron chi connectivity index (χ0n) is 16.6. The van der Waals surface area contributed by atoms with Gasteiger partial charge in [0.1, 0.15) is 17.6 Å². The van der Waals surface area contributed by atoms with Crippen molar-refractivity contribution in [3.63, 3.8) is 0 Å². The number of carbonyl (C=O) groups excluding carboxylic acids is 1. The molecule has 0 unspecified atom stereocenters. The second kappa shape index (κ2) is 7.68. The Hall–Kier alpha value is -2.79. The maximum Gasteiger partial charge on any atom is 0.162 e. The molecule has 1 fully saturated rings. The van der Waals surface area contributed by atoms with E-state index in [1.807, 2.05) is 49.4 Å². The van der Waals surface area contributed by atoms with E-state index in [-0.39, 0.29) is 11.9 Å². The highest BCUT2D eigenvalue weighted by molar-refractivity contribution is 6.09. The third kappa shape index (κ3) is 3.38. The molecule has 28 heavy (non-hydrogen) atoms. The molecule has 146 valence electrons. The number of methoxy groups -OCH3 is 1. The highest BCUT2D eigenvalue weighted by atomic mass is 16.5. The molecular formula is C23H26N2O3. The lowest BCUT2D eigenvalue weighted by molar-refractivity contribution is 0.101. The van der Waals surface area contributed by atoms with Crippen molar-refractivity contribution in [2.45, 2.75) is 32.8 Å². The van der Waals surface area contributed by atoms with Crippen LogP contribution in [0.4, 0.5) is 0 Å². The second-order valence-electron chi connectivity index (χ2n) is 7.30. The van der Waals surface area contributed by atoms with Crippen molar-refractivity contribution in [1.82, 2.24) is 9.88 Å². The van der Waals surface area contributed by atoms with E-state index in [2.05, 4.69) is 9.88 Å². The van der Waals surface area contributed by atoms with Crippen LogP contribution in [0.25, 0.3) is 16.6 Å². The number of Topliss-reactive ketones (excluding diaryl/α,β-unsaturated/α-hetero) is 1. The minimum Gasteiger partial charge on any atom is -0.497 e. The minimum absolute atomic E-state index is 0.0669. The fourth-order valence-corrected chi connectivity index (χ4v) is 4.08. The highest BCUT2D eigenvalue weighted by Crippen LogP contribution is 2.32. The predicted octanol–water partition coefficient (Wildman–Crippen LogP) is 4.28. The molecule has 1 N–H and O–H groups in total. The number of fused-ring (bicyclic) bond motifs is 1. The van der Waals surface area contributed by atoms with Gasteiger partial charge in [0.25, 0.3) is 0 Å². The first-order valence-corrected chi connectivity index (χ1v) is 9.76. The fourth-order valence-electron chi connectivity index (χ4n) is 4.08. The average Bonchev–Trinajstić information content (AvgIpc) is 3.00. The number of hydrogen-bond acceptors (Lipinski definition) is 4. The molecule has 2 heterocycles. The third-order valence-corrected chi connectivity index (χ3v) is 5.45. The van der Waals surface area contributed by atoms with E-state index >= 15 is 0 Å². The molecule has 0 bridgehead atoms. The topological polar surface area (TPSA) is 52.5 Å². The first kappa shape index (κ1) is 18.6. The van der Waals surface area contributed by atoms with E-state index in [1.165, 1.54) is 0 Å². The number of aromatic nitrogens is 1. The molecule has 0 spiro atoms. The van der Waals surface area contributed by atoms with Crippen molar-refractivity contribution < 1.29 is 14.3 Å². The van der Waals surface area contributed by atoms with Gasteiger partial charge in [0.2, 0.25) is 0 Å². The van der Waals surface area contributed by atoms with Crippen LogP contribution >= 0.6 is 0 Å². The Kier molecular flexibility index (Phi) is 5.09. The summed E-state index contributed by atoms with van der Waals surface area (Å²) in [5.41, 5.74) is 3.66. The molecule has 1 aliphatic heterocycles. The number of carbonyl (C=O) groups is 1. The minimum atomic E-state index is 0.0669. The van der Waals surface area contributed by atoms with E-state index in [0.717, 1.165) is 65.3 Å². The number of ether oxygens (including phenoxy) is 2. The van der Waals surface area contributed by atoms with Gasteiger partial charge in [-0.2, -0.15) is 0 Å². The zero-order chi connectivity index (χ0) is 19.7. The van der Waals surface area contributed by atoms with E-state index in [9.17, 15) is 4.79 Å². The van der Waals surface area contributed by atoms with Crippen LogP contribution in [0.1, 0.15) is 35.8 Å². The average molecular weight is 378 g/mol. The maximum absolute atomic E-state index is 12.3. The Labute approximate surface area is 165 Å². The van der Waals surface area contributed by atoms with Crippen molar-refractivity contribution >= 4 is 16.7 Å². The Morgan fingerprint density at radius 1 is 1.07 bits per heavy atom. The summed E-state index contributed by atoms with van der Waals surface area (Å²) in [6.07, 6.45) is 2.34. The second-order valence-corrected chi connectivity index (χ2v) is 7.30. The summed E-state index contributed by atoms with van der Waals surface area (Å²) < 4.78 is 13.6. The van der Waals surface area contributed by atoms with Gasteiger partial charge in [0.15, 0.2) is 5.78 Å². The van der Waals surface area contributed by atoms with Gasteiger partial charge in [-0.1, -0.05) is 0 Å². The smallest absolute Gasteiger partial charge is 0.162 e.